The van der Waals surface area contributed by atoms with E-state index >= 15 is 0 Å². The van der Waals surface area contributed by atoms with Gasteiger partial charge in [0.2, 0.25) is 5.91 Å². The lowest BCUT2D eigenvalue weighted by atomic mass is 9.86. The van der Waals surface area contributed by atoms with Crippen molar-refractivity contribution in [3.8, 4) is 0 Å². The van der Waals surface area contributed by atoms with E-state index in [4.69, 9.17) is 0 Å². The molecule has 3 saturated heterocycles. The van der Waals surface area contributed by atoms with E-state index in [0.29, 0.717) is 18.5 Å². The molecule has 3 fully saturated rings. The number of anilines is 1. The maximum Gasteiger partial charge on any atom is 0.227 e. The maximum absolute atomic E-state index is 12.7. The Balaban J connectivity index is 1.42. The molecule has 24 heavy (non-hydrogen) atoms. The van der Waals surface area contributed by atoms with E-state index in [2.05, 4.69) is 38.8 Å². The molecule has 1 aromatic carbocycles. The maximum atomic E-state index is 12.7. The van der Waals surface area contributed by atoms with Crippen molar-refractivity contribution in [1.82, 2.24) is 14.9 Å². The molecule has 1 aromatic heterocycles. The number of aryl methyl sites for hydroxylation is 2. The highest BCUT2D eigenvalue weighted by molar-refractivity contribution is 5.81. The molecule has 2 atom stereocenters. The van der Waals surface area contributed by atoms with Gasteiger partial charge in [0.15, 0.2) is 0 Å². The smallest absolute Gasteiger partial charge is 0.227 e. The van der Waals surface area contributed by atoms with Crippen molar-refractivity contribution in [2.75, 3.05) is 18.0 Å². The van der Waals surface area contributed by atoms with Crippen LogP contribution in [0.2, 0.25) is 0 Å². The average Bonchev–Trinajstić information content (AvgIpc) is 2.55. The number of carbonyl (C=O) groups excluding carboxylic acids is 1. The standard InChI is InChI=1S/C19H22N4O/c1-13-4-3-5-15(8-13)9-19(24)23-16-10-17(23)12-22(11-16)18-6-7-20-14(2)21-18/h3-8,16-17H,9-12H2,1-2H3. The summed E-state index contributed by atoms with van der Waals surface area (Å²) in [5.74, 6) is 2.02. The van der Waals surface area contributed by atoms with Crippen molar-refractivity contribution in [3.63, 3.8) is 0 Å². The molecule has 5 rings (SSSR count). The Morgan fingerprint density at radius 2 is 2.00 bits per heavy atom. The van der Waals surface area contributed by atoms with Crippen LogP contribution < -0.4 is 4.90 Å². The summed E-state index contributed by atoms with van der Waals surface area (Å²) in [4.78, 5) is 25.7. The number of piperidine rings is 1. The summed E-state index contributed by atoms with van der Waals surface area (Å²) in [6, 6.07) is 10.8. The molecule has 3 aliphatic rings. The monoisotopic (exact) mass is 322 g/mol. The highest BCUT2D eigenvalue weighted by Gasteiger charge is 2.47. The van der Waals surface area contributed by atoms with E-state index in [1.54, 1.807) is 6.20 Å². The number of amides is 1. The third-order valence-electron chi connectivity index (χ3n) is 5.00. The topological polar surface area (TPSA) is 49.3 Å². The molecule has 2 unspecified atom stereocenters. The predicted molar refractivity (Wildman–Crippen MR) is 92.9 cm³/mol. The van der Waals surface area contributed by atoms with Gasteiger partial charge < -0.3 is 9.80 Å². The van der Waals surface area contributed by atoms with Crippen molar-refractivity contribution in [2.24, 2.45) is 0 Å². The van der Waals surface area contributed by atoms with Gasteiger partial charge in [-0.05, 0) is 31.9 Å². The van der Waals surface area contributed by atoms with Gasteiger partial charge in [0.25, 0.3) is 0 Å². The van der Waals surface area contributed by atoms with Crippen LogP contribution in [0.1, 0.15) is 23.4 Å². The van der Waals surface area contributed by atoms with E-state index in [0.717, 1.165) is 36.7 Å². The summed E-state index contributed by atoms with van der Waals surface area (Å²) in [6.45, 7) is 5.71. The van der Waals surface area contributed by atoms with Crippen molar-refractivity contribution in [1.29, 1.82) is 0 Å². The van der Waals surface area contributed by atoms with Crippen LogP contribution in [0.4, 0.5) is 5.82 Å². The normalized spacial score (nSPS) is 22.2. The number of benzene rings is 1. The highest BCUT2D eigenvalue weighted by Crippen LogP contribution is 2.34. The van der Waals surface area contributed by atoms with E-state index in [1.807, 2.05) is 25.1 Å². The Morgan fingerprint density at radius 3 is 2.71 bits per heavy atom. The van der Waals surface area contributed by atoms with Gasteiger partial charge in [0.1, 0.15) is 11.6 Å². The Hall–Kier alpha value is -2.43. The Morgan fingerprint density at radius 1 is 1.21 bits per heavy atom. The van der Waals surface area contributed by atoms with Crippen molar-refractivity contribution in [3.05, 3.63) is 53.5 Å². The minimum atomic E-state index is 0.250. The predicted octanol–water partition coefficient (Wildman–Crippen LogP) is 2.13. The summed E-state index contributed by atoms with van der Waals surface area (Å²) < 4.78 is 0. The van der Waals surface area contributed by atoms with E-state index in [1.165, 1.54) is 5.56 Å². The fraction of sp³-hybridized carbons (Fsp3) is 0.421. The van der Waals surface area contributed by atoms with Crippen LogP contribution in [0.25, 0.3) is 0 Å². The quantitative estimate of drug-likeness (QED) is 0.868. The van der Waals surface area contributed by atoms with Crippen LogP contribution in [0.15, 0.2) is 36.5 Å². The third kappa shape index (κ3) is 2.75. The molecule has 0 aliphatic carbocycles. The van der Waals surface area contributed by atoms with Crippen LogP contribution >= 0.6 is 0 Å². The molecule has 2 bridgehead atoms. The van der Waals surface area contributed by atoms with E-state index < -0.39 is 0 Å². The van der Waals surface area contributed by atoms with Crippen LogP contribution in [-0.2, 0) is 11.2 Å². The van der Waals surface area contributed by atoms with Crippen molar-refractivity contribution < 1.29 is 4.79 Å². The van der Waals surface area contributed by atoms with Crippen molar-refractivity contribution >= 4 is 11.7 Å². The van der Waals surface area contributed by atoms with Gasteiger partial charge in [-0.15, -0.1) is 0 Å². The number of piperazine rings is 1. The number of hydrogen-bond acceptors (Lipinski definition) is 4. The second-order valence-electron chi connectivity index (χ2n) is 6.88. The molecule has 3 aliphatic heterocycles. The fourth-order valence-electron chi connectivity index (χ4n) is 3.91. The molecule has 0 spiro atoms. The Kier molecular flexibility index (Phi) is 3.71. The molecule has 0 N–H and O–H groups in total. The lowest BCUT2D eigenvalue weighted by molar-refractivity contribution is -0.145. The molecule has 0 saturated carbocycles. The average molecular weight is 322 g/mol. The van der Waals surface area contributed by atoms with Gasteiger partial charge in [0.05, 0.1) is 18.5 Å². The number of rotatable bonds is 3. The first-order valence-electron chi connectivity index (χ1n) is 8.51. The summed E-state index contributed by atoms with van der Waals surface area (Å²) in [5.41, 5.74) is 2.31. The zero-order valence-corrected chi connectivity index (χ0v) is 14.1. The number of hydrogen-bond donors (Lipinski definition) is 0. The highest BCUT2D eigenvalue weighted by atomic mass is 16.2. The van der Waals surface area contributed by atoms with Crippen LogP contribution in [0, 0.1) is 13.8 Å². The minimum Gasteiger partial charge on any atom is -0.352 e. The fourth-order valence-corrected chi connectivity index (χ4v) is 3.91. The summed E-state index contributed by atoms with van der Waals surface area (Å²) >= 11 is 0. The number of aromatic nitrogens is 2. The second-order valence-corrected chi connectivity index (χ2v) is 6.88. The van der Waals surface area contributed by atoms with Gasteiger partial charge in [-0.25, -0.2) is 9.97 Å². The van der Waals surface area contributed by atoms with Crippen LogP contribution in [0.3, 0.4) is 0 Å². The van der Waals surface area contributed by atoms with Gasteiger partial charge in [-0.3, -0.25) is 4.79 Å². The third-order valence-corrected chi connectivity index (χ3v) is 5.00. The number of nitrogens with zero attached hydrogens (tertiary/aromatic N) is 4. The van der Waals surface area contributed by atoms with Crippen LogP contribution in [0.5, 0.6) is 0 Å². The van der Waals surface area contributed by atoms with Gasteiger partial charge in [0, 0.05) is 19.3 Å². The molecular weight excluding hydrogens is 300 g/mol. The summed E-state index contributed by atoms with van der Waals surface area (Å²) in [5, 5.41) is 0. The lowest BCUT2D eigenvalue weighted by Gasteiger charge is -2.56. The molecule has 4 heterocycles. The molecule has 1 amide bonds. The summed E-state index contributed by atoms with van der Waals surface area (Å²) in [7, 11) is 0. The molecule has 124 valence electrons. The van der Waals surface area contributed by atoms with Gasteiger partial charge in [-0.1, -0.05) is 29.8 Å². The number of carbonyl (C=O) groups is 1. The van der Waals surface area contributed by atoms with Crippen LogP contribution in [-0.4, -0.2) is 45.9 Å². The Labute approximate surface area is 142 Å². The first kappa shape index (κ1) is 15.1. The molecular formula is C19H22N4O. The van der Waals surface area contributed by atoms with Crippen molar-refractivity contribution in [2.45, 2.75) is 38.8 Å². The zero-order chi connectivity index (χ0) is 16.7. The van der Waals surface area contributed by atoms with Gasteiger partial charge in [-0.2, -0.15) is 0 Å². The summed E-state index contributed by atoms with van der Waals surface area (Å²) in [6.07, 6.45) is 3.42. The Bertz CT molecular complexity index is 763. The van der Waals surface area contributed by atoms with E-state index in [9.17, 15) is 4.79 Å². The van der Waals surface area contributed by atoms with Gasteiger partial charge >= 0.3 is 0 Å². The van der Waals surface area contributed by atoms with E-state index in [-0.39, 0.29) is 5.91 Å². The molecule has 5 heteroatoms. The first-order valence-corrected chi connectivity index (χ1v) is 8.51. The number of fused-ring (bicyclic) bond motifs is 2. The molecule has 2 aromatic rings. The zero-order valence-electron chi connectivity index (χ0n) is 14.1. The lowest BCUT2D eigenvalue weighted by Crippen LogP contribution is -2.70. The second kappa shape index (κ2) is 5.89. The SMILES string of the molecule is Cc1cccc(CC(=O)N2C3CC2CN(c2ccnc(C)n2)C3)c1. The molecule has 5 nitrogen and oxygen atoms in total. The minimum absolute atomic E-state index is 0.250. The largest absolute Gasteiger partial charge is 0.352 e. The molecule has 0 radical (unpaired) electrons. The first-order chi connectivity index (χ1) is 11.6.